The monoisotopic (exact) mass is 404 g/mol. The van der Waals surface area contributed by atoms with Gasteiger partial charge in [0.1, 0.15) is 17.7 Å². The van der Waals surface area contributed by atoms with Gasteiger partial charge in [-0.1, -0.05) is 0 Å². The second-order valence-electron chi connectivity index (χ2n) is 7.74. The fourth-order valence-corrected chi connectivity index (χ4v) is 4.07. The molecule has 154 valence electrons. The number of nitrogens with zero attached hydrogens (tertiary/aromatic N) is 5. The van der Waals surface area contributed by atoms with E-state index in [0.29, 0.717) is 24.5 Å². The van der Waals surface area contributed by atoms with Crippen LogP contribution in [0.15, 0.2) is 41.7 Å². The molecule has 3 aromatic rings. The lowest BCUT2D eigenvalue weighted by Crippen LogP contribution is -2.36. The van der Waals surface area contributed by atoms with E-state index in [-0.39, 0.29) is 22.9 Å². The Bertz CT molecular complexity index is 1190. The molecule has 4 rings (SSSR count). The average Bonchev–Trinajstić information content (AvgIpc) is 3.22. The predicted octanol–water partition coefficient (Wildman–Crippen LogP) is 2.07. The van der Waals surface area contributed by atoms with Crippen LogP contribution in [0.2, 0.25) is 0 Å². The fourth-order valence-electron chi connectivity index (χ4n) is 4.07. The molecule has 1 aliphatic rings. The topological polar surface area (TPSA) is 107 Å². The molecule has 0 aromatic carbocycles. The molecule has 0 saturated carbocycles. The highest BCUT2D eigenvalue weighted by Crippen LogP contribution is 2.33. The molecule has 0 bridgehead atoms. The van der Waals surface area contributed by atoms with E-state index >= 15 is 0 Å². The maximum absolute atomic E-state index is 13.2. The van der Waals surface area contributed by atoms with Crippen molar-refractivity contribution in [3.8, 4) is 11.1 Å². The highest BCUT2D eigenvalue weighted by atomic mass is 16.2. The van der Waals surface area contributed by atoms with Gasteiger partial charge < -0.3 is 15.2 Å². The Morgan fingerprint density at radius 2 is 2.03 bits per heavy atom. The first-order valence-electron chi connectivity index (χ1n) is 9.85. The van der Waals surface area contributed by atoms with E-state index in [0.717, 1.165) is 28.9 Å². The molecule has 1 saturated heterocycles. The van der Waals surface area contributed by atoms with Crippen molar-refractivity contribution in [1.82, 2.24) is 24.4 Å². The van der Waals surface area contributed by atoms with Crippen LogP contribution in [0.1, 0.15) is 39.6 Å². The molecule has 3 aromatic heterocycles. The molecular weight excluding hydrogens is 380 g/mol. The number of amides is 1. The summed E-state index contributed by atoms with van der Waals surface area (Å²) in [6.07, 6.45) is 5.71. The van der Waals surface area contributed by atoms with Crippen LogP contribution in [0, 0.1) is 13.8 Å². The Hall–Kier alpha value is -3.55. The molecule has 8 nitrogen and oxygen atoms in total. The summed E-state index contributed by atoms with van der Waals surface area (Å²) >= 11 is 0. The van der Waals surface area contributed by atoms with Gasteiger partial charge in [0.2, 0.25) is 0 Å². The summed E-state index contributed by atoms with van der Waals surface area (Å²) in [6, 6.07) is 5.54. The third-order valence-electron chi connectivity index (χ3n) is 5.78. The molecule has 4 heterocycles. The second-order valence-corrected chi connectivity index (χ2v) is 7.74. The third-order valence-corrected chi connectivity index (χ3v) is 5.78. The van der Waals surface area contributed by atoms with Crippen molar-refractivity contribution in [1.29, 1.82) is 0 Å². The van der Waals surface area contributed by atoms with Crippen molar-refractivity contribution in [3.63, 3.8) is 0 Å². The maximum atomic E-state index is 13.2. The molecule has 0 radical (unpaired) electrons. The van der Waals surface area contributed by atoms with Crippen LogP contribution in [0.4, 0.5) is 5.82 Å². The summed E-state index contributed by atoms with van der Waals surface area (Å²) in [5, 5.41) is 0. The molecule has 30 heavy (non-hydrogen) atoms. The first-order chi connectivity index (χ1) is 14.4. The number of aryl methyl sites for hydroxylation is 2. The van der Waals surface area contributed by atoms with Gasteiger partial charge in [-0.3, -0.25) is 9.59 Å². The van der Waals surface area contributed by atoms with Gasteiger partial charge in [-0.2, -0.15) is 0 Å². The van der Waals surface area contributed by atoms with Gasteiger partial charge in [-0.15, -0.1) is 0 Å². The van der Waals surface area contributed by atoms with E-state index < -0.39 is 0 Å². The number of hydrogen-bond donors (Lipinski definition) is 1. The minimum atomic E-state index is -0.254. The summed E-state index contributed by atoms with van der Waals surface area (Å²) in [5.41, 5.74) is 10.0. The van der Waals surface area contributed by atoms with Crippen molar-refractivity contribution < 1.29 is 4.79 Å². The molecule has 1 fully saturated rings. The highest BCUT2D eigenvalue weighted by Gasteiger charge is 2.32. The van der Waals surface area contributed by atoms with Crippen LogP contribution in [0.5, 0.6) is 0 Å². The molecule has 8 heteroatoms. The third kappa shape index (κ3) is 3.45. The highest BCUT2D eigenvalue weighted by molar-refractivity contribution is 5.95. The number of carbonyl (C=O) groups is 1. The van der Waals surface area contributed by atoms with Gasteiger partial charge in [0.05, 0.1) is 5.69 Å². The van der Waals surface area contributed by atoms with Crippen LogP contribution in [0.25, 0.3) is 11.1 Å². The summed E-state index contributed by atoms with van der Waals surface area (Å²) < 4.78 is 1.52. The first kappa shape index (κ1) is 19.8. The quantitative estimate of drug-likeness (QED) is 0.716. The van der Waals surface area contributed by atoms with Crippen molar-refractivity contribution >= 4 is 11.7 Å². The van der Waals surface area contributed by atoms with E-state index in [2.05, 4.69) is 15.0 Å². The Balaban J connectivity index is 1.63. The molecule has 1 amide bonds. The molecule has 1 unspecified atom stereocenters. The Labute approximate surface area is 174 Å². The molecule has 1 aliphatic heterocycles. The lowest BCUT2D eigenvalue weighted by atomic mass is 9.96. The molecule has 0 aliphatic carbocycles. The Kier molecular flexibility index (Phi) is 5.07. The number of carbonyl (C=O) groups excluding carboxylic acids is 1. The van der Waals surface area contributed by atoms with E-state index in [4.69, 9.17) is 5.73 Å². The lowest BCUT2D eigenvalue weighted by Gasteiger charge is -2.19. The largest absolute Gasteiger partial charge is 0.384 e. The van der Waals surface area contributed by atoms with Crippen molar-refractivity contribution in [3.05, 3.63) is 69.8 Å². The van der Waals surface area contributed by atoms with Crippen molar-refractivity contribution in [2.24, 2.45) is 7.05 Å². The van der Waals surface area contributed by atoms with Gasteiger partial charge in [0.15, 0.2) is 0 Å². The van der Waals surface area contributed by atoms with Crippen LogP contribution in [0.3, 0.4) is 0 Å². The molecule has 2 N–H and O–H groups in total. The van der Waals surface area contributed by atoms with Crippen LogP contribution in [-0.4, -0.2) is 43.4 Å². The first-order valence-corrected chi connectivity index (χ1v) is 9.85. The van der Waals surface area contributed by atoms with Gasteiger partial charge >= 0.3 is 0 Å². The number of likely N-dealkylation sites (tertiary alicyclic amines) is 1. The lowest BCUT2D eigenvalue weighted by molar-refractivity contribution is 0.0787. The average molecular weight is 404 g/mol. The minimum Gasteiger partial charge on any atom is -0.384 e. The maximum Gasteiger partial charge on any atom is 0.263 e. The number of nitrogen functional groups attached to an aromatic ring is 1. The summed E-state index contributed by atoms with van der Waals surface area (Å²) in [4.78, 5) is 40.4. The van der Waals surface area contributed by atoms with E-state index in [1.807, 2.05) is 26.0 Å². The Morgan fingerprint density at radius 3 is 2.80 bits per heavy atom. The van der Waals surface area contributed by atoms with Crippen LogP contribution >= 0.6 is 0 Å². The number of aromatic nitrogens is 4. The van der Waals surface area contributed by atoms with Crippen molar-refractivity contribution in [2.45, 2.75) is 26.2 Å². The number of anilines is 1. The van der Waals surface area contributed by atoms with Gasteiger partial charge in [0, 0.05) is 49.7 Å². The summed E-state index contributed by atoms with van der Waals surface area (Å²) in [5.74, 6) is 0.256. The van der Waals surface area contributed by atoms with Gasteiger partial charge in [-0.05, 0) is 49.6 Å². The molecule has 1 atom stereocenters. The minimum absolute atomic E-state index is 0.0518. The number of rotatable bonds is 3. The molecule has 0 spiro atoms. The number of hydrogen-bond acceptors (Lipinski definition) is 6. The van der Waals surface area contributed by atoms with Gasteiger partial charge in [-0.25, -0.2) is 15.0 Å². The van der Waals surface area contributed by atoms with E-state index in [1.54, 1.807) is 30.4 Å². The predicted molar refractivity (Wildman–Crippen MR) is 114 cm³/mol. The summed E-state index contributed by atoms with van der Waals surface area (Å²) in [7, 11) is 1.69. The number of pyridine rings is 2. The zero-order valence-corrected chi connectivity index (χ0v) is 17.3. The Morgan fingerprint density at radius 1 is 1.23 bits per heavy atom. The van der Waals surface area contributed by atoms with Crippen molar-refractivity contribution in [2.75, 3.05) is 18.8 Å². The second kappa shape index (κ2) is 7.70. The van der Waals surface area contributed by atoms with Crippen LogP contribution < -0.4 is 11.3 Å². The zero-order valence-electron chi connectivity index (χ0n) is 17.3. The van der Waals surface area contributed by atoms with Crippen LogP contribution in [-0.2, 0) is 7.05 Å². The van der Waals surface area contributed by atoms with Gasteiger partial charge in [0.25, 0.3) is 11.5 Å². The van der Waals surface area contributed by atoms with E-state index in [1.165, 1.54) is 10.9 Å². The number of nitrogens with two attached hydrogens (primary N) is 1. The summed E-state index contributed by atoms with van der Waals surface area (Å²) in [6.45, 7) is 4.74. The fraction of sp³-hybridized carbons (Fsp3) is 0.318. The smallest absolute Gasteiger partial charge is 0.263 e. The zero-order chi connectivity index (χ0) is 21.4. The van der Waals surface area contributed by atoms with E-state index in [9.17, 15) is 9.59 Å². The standard InChI is InChI=1S/C22H24N6O2/c1-13-8-14(2)27(3)21(29)19(13)22(30)28-7-5-16(11-28)20-17(10-24-12-26-20)15-4-6-25-18(23)9-15/h4,6,8-10,12,16H,5,7,11H2,1-3H3,(H2,23,25). The molecular formula is C22H24N6O2. The SMILES string of the molecule is Cc1cc(C)n(C)c(=O)c1C(=O)N1CCC(c2ncncc2-c2ccnc(N)c2)C1. The normalized spacial score (nSPS) is 16.1.